The van der Waals surface area contributed by atoms with Crippen molar-refractivity contribution in [3.05, 3.63) is 18.0 Å². The number of aryl methyl sites for hydroxylation is 1. The lowest BCUT2D eigenvalue weighted by atomic mass is 10.0. The van der Waals surface area contributed by atoms with E-state index in [-0.39, 0.29) is 5.78 Å². The Morgan fingerprint density at radius 3 is 3.10 bits per heavy atom. The van der Waals surface area contributed by atoms with Crippen molar-refractivity contribution in [2.24, 2.45) is 13.0 Å². The Labute approximate surface area is 119 Å². The van der Waals surface area contributed by atoms with Gasteiger partial charge in [0.05, 0.1) is 18.4 Å². The third kappa shape index (κ3) is 3.10. The lowest BCUT2D eigenvalue weighted by molar-refractivity contribution is 0.0930. The second-order valence-electron chi connectivity index (χ2n) is 6.05. The highest BCUT2D eigenvalue weighted by Crippen LogP contribution is 2.25. The van der Waals surface area contributed by atoms with Crippen LogP contribution in [0.1, 0.15) is 36.0 Å². The molecule has 5 heteroatoms. The molecule has 3 rings (SSSR count). The Morgan fingerprint density at radius 2 is 2.40 bits per heavy atom. The molecule has 1 aromatic rings. The Bertz CT molecular complexity index is 465. The molecule has 0 radical (unpaired) electrons. The molecule has 110 valence electrons. The zero-order valence-electron chi connectivity index (χ0n) is 12.1. The van der Waals surface area contributed by atoms with E-state index in [2.05, 4.69) is 10.00 Å². The highest BCUT2D eigenvalue weighted by Gasteiger charge is 2.30. The van der Waals surface area contributed by atoms with E-state index >= 15 is 0 Å². The van der Waals surface area contributed by atoms with E-state index in [1.165, 1.54) is 12.8 Å². The molecule has 0 aliphatic carbocycles. The van der Waals surface area contributed by atoms with Crippen molar-refractivity contribution < 1.29 is 9.53 Å². The van der Waals surface area contributed by atoms with Gasteiger partial charge in [-0.1, -0.05) is 0 Å². The molecular weight excluding hydrogens is 254 g/mol. The number of Topliss-reactive ketones (excluding diaryl/α,β-unsaturated/α-hetero) is 1. The SMILES string of the molecule is Cn1cc(C(=O)C[C@H]2CCCN2C[C@@H]2CCOC2)cn1. The lowest BCUT2D eigenvalue weighted by Gasteiger charge is -2.26. The van der Waals surface area contributed by atoms with Gasteiger partial charge < -0.3 is 4.74 Å². The summed E-state index contributed by atoms with van der Waals surface area (Å²) in [5, 5.41) is 4.08. The molecule has 2 aliphatic rings. The van der Waals surface area contributed by atoms with Crippen LogP contribution in [0.15, 0.2) is 12.4 Å². The third-order valence-electron chi connectivity index (χ3n) is 4.46. The van der Waals surface area contributed by atoms with Crippen molar-refractivity contribution in [3.8, 4) is 0 Å². The number of hydrogen-bond donors (Lipinski definition) is 0. The van der Waals surface area contributed by atoms with Crippen LogP contribution in [-0.4, -0.2) is 52.8 Å². The van der Waals surface area contributed by atoms with Crippen LogP contribution >= 0.6 is 0 Å². The molecule has 0 saturated carbocycles. The predicted octanol–water partition coefficient (Wildman–Crippen LogP) is 1.49. The summed E-state index contributed by atoms with van der Waals surface area (Å²) >= 11 is 0. The first kappa shape index (κ1) is 13.8. The monoisotopic (exact) mass is 277 g/mol. The molecule has 0 bridgehead atoms. The molecule has 0 spiro atoms. The van der Waals surface area contributed by atoms with Crippen molar-refractivity contribution in [2.45, 2.75) is 31.7 Å². The molecule has 2 aliphatic heterocycles. The fourth-order valence-electron chi connectivity index (χ4n) is 3.32. The molecule has 0 aromatic carbocycles. The summed E-state index contributed by atoms with van der Waals surface area (Å²) in [5.41, 5.74) is 0.739. The van der Waals surface area contributed by atoms with Gasteiger partial charge in [0.1, 0.15) is 0 Å². The van der Waals surface area contributed by atoms with E-state index in [9.17, 15) is 4.79 Å². The summed E-state index contributed by atoms with van der Waals surface area (Å²) < 4.78 is 7.14. The summed E-state index contributed by atoms with van der Waals surface area (Å²) in [7, 11) is 1.85. The maximum Gasteiger partial charge on any atom is 0.167 e. The highest BCUT2D eigenvalue weighted by molar-refractivity contribution is 5.96. The maximum atomic E-state index is 12.3. The minimum Gasteiger partial charge on any atom is -0.381 e. The number of rotatable bonds is 5. The quantitative estimate of drug-likeness (QED) is 0.765. The van der Waals surface area contributed by atoms with Gasteiger partial charge in [0.2, 0.25) is 0 Å². The van der Waals surface area contributed by atoms with Crippen LogP contribution in [-0.2, 0) is 11.8 Å². The van der Waals surface area contributed by atoms with Gasteiger partial charge in [0.25, 0.3) is 0 Å². The molecule has 3 heterocycles. The lowest BCUT2D eigenvalue weighted by Crippen LogP contribution is -2.35. The molecule has 2 atom stereocenters. The number of carbonyl (C=O) groups excluding carboxylic acids is 1. The summed E-state index contributed by atoms with van der Waals surface area (Å²) in [4.78, 5) is 14.8. The van der Waals surface area contributed by atoms with Gasteiger partial charge in [-0.25, -0.2) is 0 Å². The number of hydrogen-bond acceptors (Lipinski definition) is 4. The topological polar surface area (TPSA) is 47.4 Å². The van der Waals surface area contributed by atoms with Gasteiger partial charge in [-0.3, -0.25) is 14.4 Å². The van der Waals surface area contributed by atoms with E-state index in [0.717, 1.165) is 38.3 Å². The van der Waals surface area contributed by atoms with Crippen LogP contribution < -0.4 is 0 Å². The van der Waals surface area contributed by atoms with Gasteiger partial charge in [-0.05, 0) is 31.7 Å². The molecule has 5 nitrogen and oxygen atoms in total. The molecule has 2 saturated heterocycles. The first-order valence-electron chi connectivity index (χ1n) is 7.56. The van der Waals surface area contributed by atoms with E-state index in [4.69, 9.17) is 4.74 Å². The van der Waals surface area contributed by atoms with Gasteiger partial charge in [0.15, 0.2) is 5.78 Å². The van der Waals surface area contributed by atoms with Gasteiger partial charge in [0, 0.05) is 38.9 Å². The number of aromatic nitrogens is 2. The van der Waals surface area contributed by atoms with Crippen LogP contribution in [0.4, 0.5) is 0 Å². The molecule has 2 fully saturated rings. The van der Waals surface area contributed by atoms with E-state index in [1.54, 1.807) is 10.9 Å². The zero-order chi connectivity index (χ0) is 13.9. The molecule has 1 aromatic heterocycles. The van der Waals surface area contributed by atoms with E-state index < -0.39 is 0 Å². The normalized spacial score (nSPS) is 27.2. The summed E-state index contributed by atoms with van der Waals surface area (Å²) in [5.74, 6) is 0.877. The maximum absolute atomic E-state index is 12.3. The van der Waals surface area contributed by atoms with Crippen LogP contribution in [0.2, 0.25) is 0 Å². The van der Waals surface area contributed by atoms with E-state index in [0.29, 0.717) is 18.4 Å². The fraction of sp³-hybridized carbons (Fsp3) is 0.733. The van der Waals surface area contributed by atoms with Gasteiger partial charge >= 0.3 is 0 Å². The van der Waals surface area contributed by atoms with Crippen molar-refractivity contribution >= 4 is 5.78 Å². The Balaban J connectivity index is 1.56. The van der Waals surface area contributed by atoms with Crippen molar-refractivity contribution in [3.63, 3.8) is 0 Å². The smallest absolute Gasteiger partial charge is 0.167 e. The zero-order valence-corrected chi connectivity index (χ0v) is 12.1. The summed E-state index contributed by atoms with van der Waals surface area (Å²) in [6.45, 7) is 4.00. The van der Waals surface area contributed by atoms with Crippen molar-refractivity contribution in [1.29, 1.82) is 0 Å². The highest BCUT2D eigenvalue weighted by atomic mass is 16.5. The summed E-state index contributed by atoms with van der Waals surface area (Å²) in [6.07, 6.45) is 7.62. The molecule has 0 unspecified atom stereocenters. The second-order valence-corrected chi connectivity index (χ2v) is 6.05. The number of ketones is 1. The van der Waals surface area contributed by atoms with Crippen molar-refractivity contribution in [1.82, 2.24) is 14.7 Å². The minimum absolute atomic E-state index is 0.220. The van der Waals surface area contributed by atoms with Gasteiger partial charge in [-0.15, -0.1) is 0 Å². The average Bonchev–Trinajstić information content (AvgIpc) is 3.13. The van der Waals surface area contributed by atoms with Crippen LogP contribution in [0.25, 0.3) is 0 Å². The Kier molecular flexibility index (Phi) is 4.17. The molecular formula is C15H23N3O2. The Morgan fingerprint density at radius 1 is 1.50 bits per heavy atom. The van der Waals surface area contributed by atoms with Crippen LogP contribution in [0, 0.1) is 5.92 Å². The van der Waals surface area contributed by atoms with E-state index in [1.807, 2.05) is 13.2 Å². The first-order chi connectivity index (χ1) is 9.72. The molecule has 20 heavy (non-hydrogen) atoms. The fourth-order valence-corrected chi connectivity index (χ4v) is 3.32. The number of carbonyl (C=O) groups is 1. The average molecular weight is 277 g/mol. The standard InChI is InChI=1S/C15H23N3O2/c1-17-10-13(8-16-17)15(19)7-14-3-2-5-18(14)9-12-4-6-20-11-12/h8,10,12,14H,2-7,9,11H2,1H3/t12-,14+/m0/s1. The van der Waals surface area contributed by atoms with Crippen LogP contribution in [0.5, 0.6) is 0 Å². The first-order valence-corrected chi connectivity index (χ1v) is 7.56. The van der Waals surface area contributed by atoms with Crippen LogP contribution in [0.3, 0.4) is 0 Å². The molecule has 0 N–H and O–H groups in total. The molecule has 0 amide bonds. The third-order valence-corrected chi connectivity index (χ3v) is 4.46. The number of nitrogens with zero attached hydrogens (tertiary/aromatic N) is 3. The largest absolute Gasteiger partial charge is 0.381 e. The number of ether oxygens (including phenoxy) is 1. The van der Waals surface area contributed by atoms with Gasteiger partial charge in [-0.2, -0.15) is 5.10 Å². The van der Waals surface area contributed by atoms with Crippen molar-refractivity contribution in [2.75, 3.05) is 26.3 Å². The predicted molar refractivity (Wildman–Crippen MR) is 75.7 cm³/mol. The minimum atomic E-state index is 0.220. The Hall–Kier alpha value is -1.20. The second kappa shape index (κ2) is 6.06. The summed E-state index contributed by atoms with van der Waals surface area (Å²) in [6, 6.07) is 0.406. The number of likely N-dealkylation sites (tertiary alicyclic amines) is 1.